The lowest BCUT2D eigenvalue weighted by atomic mass is 10.2. The zero-order chi connectivity index (χ0) is 11.5. The van der Waals surface area contributed by atoms with Gasteiger partial charge in [-0.15, -0.1) is 0 Å². The van der Waals surface area contributed by atoms with Gasteiger partial charge in [-0.1, -0.05) is 27.5 Å². The molecule has 0 bridgehead atoms. The van der Waals surface area contributed by atoms with E-state index in [2.05, 4.69) is 20.3 Å². The monoisotopic (exact) mass is 216 g/mol. The van der Waals surface area contributed by atoms with E-state index in [9.17, 15) is 9.59 Å². The zero-order valence-corrected chi connectivity index (χ0v) is 7.81. The first kappa shape index (κ1) is 9.81. The van der Waals surface area contributed by atoms with E-state index in [0.717, 1.165) is 4.90 Å². The molecule has 4 amide bonds. The second-order valence-electron chi connectivity index (χ2n) is 2.81. The van der Waals surface area contributed by atoms with Crippen LogP contribution in [0.25, 0.3) is 10.4 Å². The summed E-state index contributed by atoms with van der Waals surface area (Å²) >= 11 is 0. The van der Waals surface area contributed by atoms with Gasteiger partial charge in [-0.2, -0.15) is 0 Å². The van der Waals surface area contributed by atoms with Crippen LogP contribution < -0.4 is 4.90 Å². The van der Waals surface area contributed by atoms with Crippen molar-refractivity contribution in [3.05, 3.63) is 34.7 Å². The van der Waals surface area contributed by atoms with Gasteiger partial charge in [0, 0.05) is 10.6 Å². The van der Waals surface area contributed by atoms with E-state index in [4.69, 9.17) is 5.53 Å². The summed E-state index contributed by atoms with van der Waals surface area (Å²) in [5.74, 6) is 0. The van der Waals surface area contributed by atoms with Crippen LogP contribution in [-0.2, 0) is 0 Å². The molecule has 1 aliphatic rings. The van der Waals surface area contributed by atoms with Gasteiger partial charge in [0.2, 0.25) is 0 Å². The summed E-state index contributed by atoms with van der Waals surface area (Å²) in [5, 5.41) is 9.59. The summed E-state index contributed by atoms with van der Waals surface area (Å²) in [4.78, 5) is 25.7. The maximum Gasteiger partial charge on any atom is 0.375 e. The molecular weight excluding hydrogens is 212 g/mol. The van der Waals surface area contributed by atoms with Crippen molar-refractivity contribution in [1.29, 1.82) is 0 Å². The minimum Gasteiger partial charge on any atom is -0.243 e. The zero-order valence-electron chi connectivity index (χ0n) is 7.81. The molecule has 0 atom stereocenters. The quantitative estimate of drug-likeness (QED) is 0.429. The maximum atomic E-state index is 11.2. The number of carbonyl (C=O) groups excluding carboxylic acids is 2. The summed E-state index contributed by atoms with van der Waals surface area (Å²) in [6.07, 6.45) is 0. The van der Waals surface area contributed by atoms with Crippen LogP contribution in [0.1, 0.15) is 0 Å². The Bertz CT molecular complexity index is 510. The normalized spacial score (nSPS) is 14.1. The molecule has 0 aliphatic carbocycles. The highest BCUT2D eigenvalue weighted by atomic mass is 16.2. The number of azide groups is 1. The Kier molecular flexibility index (Phi) is 2.33. The van der Waals surface area contributed by atoms with Crippen LogP contribution in [0, 0.1) is 0 Å². The van der Waals surface area contributed by atoms with Crippen molar-refractivity contribution in [2.45, 2.75) is 0 Å². The number of hydrogen-bond acceptors (Lipinski definition) is 3. The Morgan fingerprint density at radius 1 is 1.12 bits per heavy atom. The van der Waals surface area contributed by atoms with Crippen LogP contribution in [0.5, 0.6) is 0 Å². The van der Waals surface area contributed by atoms with Crippen molar-refractivity contribution in [3.63, 3.8) is 0 Å². The van der Waals surface area contributed by atoms with E-state index in [1.54, 1.807) is 0 Å². The average Bonchev–Trinajstić information content (AvgIpc) is 2.61. The van der Waals surface area contributed by atoms with Crippen LogP contribution in [0.4, 0.5) is 21.0 Å². The summed E-state index contributed by atoms with van der Waals surface area (Å²) < 4.78 is 0. The first-order valence-electron chi connectivity index (χ1n) is 4.17. The van der Waals surface area contributed by atoms with Crippen molar-refractivity contribution in [2.75, 3.05) is 4.90 Å². The molecule has 0 aromatic heterocycles. The van der Waals surface area contributed by atoms with E-state index in [0.29, 0.717) is 11.4 Å². The Labute approximate surface area is 88.8 Å². The number of benzene rings is 1. The molecule has 0 unspecified atom stereocenters. The van der Waals surface area contributed by atoms with E-state index in [1.165, 1.54) is 24.3 Å². The van der Waals surface area contributed by atoms with Crippen molar-refractivity contribution in [1.82, 2.24) is 0 Å². The van der Waals surface area contributed by atoms with Gasteiger partial charge < -0.3 is 0 Å². The SMILES string of the molecule is [N-]=[N+]=Nc1ccc(N2C(=O)N=NC2=O)cc1. The Hall–Kier alpha value is -2.73. The van der Waals surface area contributed by atoms with Gasteiger partial charge in [0.25, 0.3) is 0 Å². The van der Waals surface area contributed by atoms with E-state index in [1.807, 2.05) is 0 Å². The predicted octanol–water partition coefficient (Wildman–Crippen LogP) is 3.14. The summed E-state index contributed by atoms with van der Waals surface area (Å²) in [6.45, 7) is 0. The third kappa shape index (κ3) is 1.60. The van der Waals surface area contributed by atoms with E-state index in [-0.39, 0.29) is 0 Å². The van der Waals surface area contributed by atoms with Gasteiger partial charge >= 0.3 is 12.1 Å². The van der Waals surface area contributed by atoms with Crippen LogP contribution in [0.15, 0.2) is 39.6 Å². The topological polar surface area (TPSA) is 111 Å². The molecule has 0 fully saturated rings. The molecule has 0 N–H and O–H groups in total. The highest BCUT2D eigenvalue weighted by Gasteiger charge is 2.28. The largest absolute Gasteiger partial charge is 0.375 e. The number of hydrogen-bond donors (Lipinski definition) is 0. The van der Waals surface area contributed by atoms with Crippen molar-refractivity contribution >= 4 is 23.4 Å². The van der Waals surface area contributed by atoms with Crippen LogP contribution in [0.2, 0.25) is 0 Å². The molecule has 8 nitrogen and oxygen atoms in total. The number of amides is 4. The molecule has 0 spiro atoms. The highest BCUT2D eigenvalue weighted by molar-refractivity contribution is 6.17. The first-order valence-corrected chi connectivity index (χ1v) is 4.17. The van der Waals surface area contributed by atoms with E-state index >= 15 is 0 Å². The molecular formula is C8H4N6O2. The van der Waals surface area contributed by atoms with Gasteiger partial charge in [0.15, 0.2) is 0 Å². The molecule has 0 saturated carbocycles. The highest BCUT2D eigenvalue weighted by Crippen LogP contribution is 2.23. The van der Waals surface area contributed by atoms with Crippen LogP contribution in [-0.4, -0.2) is 12.1 Å². The van der Waals surface area contributed by atoms with Gasteiger partial charge in [-0.25, -0.2) is 14.5 Å². The van der Waals surface area contributed by atoms with Gasteiger partial charge in [-0.05, 0) is 17.7 Å². The second kappa shape index (κ2) is 3.79. The van der Waals surface area contributed by atoms with Gasteiger partial charge in [0.1, 0.15) is 0 Å². The molecule has 1 aliphatic heterocycles. The standard InChI is InChI=1S/C8H4N6O2/c9-13-10-5-1-3-6(4-2-5)14-7(15)11-12-8(14)16/h1-4H. The fraction of sp³-hybridized carbons (Fsp3) is 0. The van der Waals surface area contributed by atoms with Gasteiger partial charge in [0.05, 0.1) is 5.69 Å². The summed E-state index contributed by atoms with van der Waals surface area (Å²) in [6, 6.07) is 4.43. The molecule has 0 saturated heterocycles. The molecule has 78 valence electrons. The molecule has 16 heavy (non-hydrogen) atoms. The van der Waals surface area contributed by atoms with Crippen molar-refractivity contribution < 1.29 is 9.59 Å². The third-order valence-electron chi connectivity index (χ3n) is 1.87. The minimum absolute atomic E-state index is 0.330. The number of rotatable bonds is 2. The second-order valence-corrected chi connectivity index (χ2v) is 2.81. The Morgan fingerprint density at radius 2 is 1.69 bits per heavy atom. The molecule has 2 rings (SSSR count). The van der Waals surface area contributed by atoms with E-state index < -0.39 is 12.1 Å². The predicted molar refractivity (Wildman–Crippen MR) is 53.4 cm³/mol. The fourth-order valence-corrected chi connectivity index (χ4v) is 1.20. The lowest BCUT2D eigenvalue weighted by molar-refractivity contribution is 0.249. The van der Waals surface area contributed by atoms with Crippen molar-refractivity contribution in [2.24, 2.45) is 15.3 Å². The summed E-state index contributed by atoms with van der Waals surface area (Å²) in [5.41, 5.74) is 8.91. The number of anilines is 1. The number of carbonyl (C=O) groups is 2. The lowest BCUT2D eigenvalue weighted by Gasteiger charge is -2.09. The molecule has 1 aromatic carbocycles. The molecule has 1 heterocycles. The maximum absolute atomic E-state index is 11.2. The number of nitrogens with zero attached hydrogens (tertiary/aromatic N) is 6. The van der Waals surface area contributed by atoms with Crippen LogP contribution >= 0.6 is 0 Å². The number of azo groups is 1. The molecule has 1 aromatic rings. The van der Waals surface area contributed by atoms with Gasteiger partial charge in [-0.3, -0.25) is 0 Å². The Balaban J connectivity index is 2.32. The minimum atomic E-state index is -0.735. The molecule has 8 heteroatoms. The fourth-order valence-electron chi connectivity index (χ4n) is 1.20. The number of urea groups is 2. The lowest BCUT2D eigenvalue weighted by Crippen LogP contribution is -2.27. The summed E-state index contributed by atoms with van der Waals surface area (Å²) in [7, 11) is 0. The third-order valence-corrected chi connectivity index (χ3v) is 1.87. The average molecular weight is 216 g/mol. The Morgan fingerprint density at radius 3 is 2.19 bits per heavy atom. The molecule has 0 radical (unpaired) electrons. The first-order chi connectivity index (χ1) is 7.72. The number of imide groups is 1. The van der Waals surface area contributed by atoms with Crippen LogP contribution in [0.3, 0.4) is 0 Å². The van der Waals surface area contributed by atoms with Crippen molar-refractivity contribution in [3.8, 4) is 0 Å². The smallest absolute Gasteiger partial charge is 0.243 e.